The molecule has 1 rings (SSSR count). The number of ether oxygens (including phenoxy) is 2. The molecule has 7 heteroatoms. The van der Waals surface area contributed by atoms with E-state index in [4.69, 9.17) is 9.84 Å². The number of alkyl carbamates (subject to hydrolysis) is 1. The molecule has 1 atom stereocenters. The molecule has 0 radical (unpaired) electrons. The first kappa shape index (κ1) is 17.3. The molecular formula is C14H23NO6. The third-order valence-corrected chi connectivity index (χ3v) is 3.65. The predicted molar refractivity (Wildman–Crippen MR) is 73.5 cm³/mol. The van der Waals surface area contributed by atoms with Crippen LogP contribution in [0.2, 0.25) is 0 Å². The molecule has 0 aromatic heterocycles. The number of hydrogen-bond donors (Lipinski definition) is 2. The van der Waals surface area contributed by atoms with Gasteiger partial charge in [0.2, 0.25) is 6.29 Å². The van der Waals surface area contributed by atoms with Crippen LogP contribution in [-0.4, -0.2) is 36.0 Å². The molecule has 1 amide bonds. The summed E-state index contributed by atoms with van der Waals surface area (Å²) < 4.78 is 9.55. The fourth-order valence-corrected chi connectivity index (χ4v) is 2.75. The van der Waals surface area contributed by atoms with E-state index >= 15 is 0 Å². The summed E-state index contributed by atoms with van der Waals surface area (Å²) in [7, 11) is 0. The lowest BCUT2D eigenvalue weighted by Crippen LogP contribution is -2.41. The fourth-order valence-electron chi connectivity index (χ4n) is 2.75. The molecule has 0 bridgehead atoms. The molecule has 1 unspecified atom stereocenters. The first-order valence-corrected chi connectivity index (χ1v) is 7.16. The zero-order chi connectivity index (χ0) is 15.9. The molecule has 0 aliphatic heterocycles. The van der Waals surface area contributed by atoms with Crippen molar-refractivity contribution in [2.24, 2.45) is 5.41 Å². The van der Waals surface area contributed by atoms with Gasteiger partial charge in [-0.15, -0.1) is 0 Å². The molecule has 1 aliphatic carbocycles. The second-order valence-corrected chi connectivity index (χ2v) is 5.57. The minimum atomic E-state index is -0.968. The number of hydrogen-bond acceptors (Lipinski definition) is 5. The van der Waals surface area contributed by atoms with Gasteiger partial charge in [0.15, 0.2) is 0 Å². The molecule has 0 heterocycles. The highest BCUT2D eigenvalue weighted by atomic mass is 16.7. The summed E-state index contributed by atoms with van der Waals surface area (Å²) in [6.45, 7) is 2.92. The maximum Gasteiger partial charge on any atom is 0.410 e. The molecule has 0 saturated heterocycles. The standard InChI is InChI=1S/C14H23NO6/c1-10(16)20-11(2)21-13(19)15-9-14(8-12(17)18)6-4-3-5-7-14/h11H,3-9H2,1-2H3,(H,15,19)(H,17,18). The molecular weight excluding hydrogens is 278 g/mol. The number of carbonyl (C=O) groups is 3. The minimum Gasteiger partial charge on any atom is -0.481 e. The molecule has 0 aromatic rings. The van der Waals surface area contributed by atoms with Crippen molar-refractivity contribution in [1.82, 2.24) is 5.32 Å². The van der Waals surface area contributed by atoms with Gasteiger partial charge in [-0.05, 0) is 18.3 Å². The van der Waals surface area contributed by atoms with Crippen molar-refractivity contribution in [2.45, 2.75) is 58.7 Å². The van der Waals surface area contributed by atoms with Crippen LogP contribution in [0.1, 0.15) is 52.4 Å². The van der Waals surface area contributed by atoms with Gasteiger partial charge < -0.3 is 19.9 Å². The maximum absolute atomic E-state index is 11.6. The van der Waals surface area contributed by atoms with Crippen LogP contribution in [0.4, 0.5) is 4.79 Å². The normalized spacial score (nSPS) is 18.4. The van der Waals surface area contributed by atoms with Crippen LogP contribution >= 0.6 is 0 Å². The van der Waals surface area contributed by atoms with E-state index in [-0.39, 0.29) is 13.0 Å². The van der Waals surface area contributed by atoms with Crippen LogP contribution in [0.25, 0.3) is 0 Å². The van der Waals surface area contributed by atoms with Gasteiger partial charge in [-0.1, -0.05) is 19.3 Å². The second-order valence-electron chi connectivity index (χ2n) is 5.57. The minimum absolute atomic E-state index is 0.0345. The molecule has 0 spiro atoms. The van der Waals surface area contributed by atoms with E-state index in [1.165, 1.54) is 13.8 Å². The van der Waals surface area contributed by atoms with E-state index in [0.29, 0.717) is 0 Å². The van der Waals surface area contributed by atoms with Crippen LogP contribution in [0.3, 0.4) is 0 Å². The number of carbonyl (C=O) groups excluding carboxylic acids is 2. The molecule has 2 N–H and O–H groups in total. The van der Waals surface area contributed by atoms with E-state index in [2.05, 4.69) is 10.1 Å². The first-order valence-electron chi connectivity index (χ1n) is 7.16. The summed E-state index contributed by atoms with van der Waals surface area (Å²) in [4.78, 5) is 33.4. The summed E-state index contributed by atoms with van der Waals surface area (Å²) in [6, 6.07) is 0. The van der Waals surface area contributed by atoms with Crippen molar-refractivity contribution in [2.75, 3.05) is 6.54 Å². The Labute approximate surface area is 124 Å². The molecule has 0 aromatic carbocycles. The molecule has 1 saturated carbocycles. The maximum atomic E-state index is 11.6. The number of carboxylic acids is 1. The van der Waals surface area contributed by atoms with E-state index in [0.717, 1.165) is 32.1 Å². The van der Waals surface area contributed by atoms with Crippen molar-refractivity contribution < 1.29 is 29.0 Å². The third kappa shape index (κ3) is 6.46. The highest BCUT2D eigenvalue weighted by Gasteiger charge is 2.35. The van der Waals surface area contributed by atoms with Gasteiger partial charge in [-0.3, -0.25) is 9.59 Å². The van der Waals surface area contributed by atoms with Gasteiger partial charge in [0.05, 0.1) is 6.42 Å². The van der Waals surface area contributed by atoms with Crippen LogP contribution in [0.5, 0.6) is 0 Å². The lowest BCUT2D eigenvalue weighted by Gasteiger charge is -2.36. The summed E-state index contributed by atoms with van der Waals surface area (Å²) in [5.74, 6) is -1.40. The Hall–Kier alpha value is -1.79. The average molecular weight is 301 g/mol. The topological polar surface area (TPSA) is 102 Å². The predicted octanol–water partition coefficient (Wildman–Crippen LogP) is 2.05. The lowest BCUT2D eigenvalue weighted by molar-refractivity contribution is -0.162. The number of esters is 1. The number of aliphatic carboxylic acids is 1. The number of carboxylic acid groups (broad SMARTS) is 1. The van der Waals surface area contributed by atoms with Gasteiger partial charge in [0.25, 0.3) is 0 Å². The Morgan fingerprint density at radius 3 is 2.33 bits per heavy atom. The van der Waals surface area contributed by atoms with Gasteiger partial charge in [-0.2, -0.15) is 0 Å². The molecule has 7 nitrogen and oxygen atoms in total. The monoisotopic (exact) mass is 301 g/mol. The van der Waals surface area contributed by atoms with Gasteiger partial charge in [0.1, 0.15) is 0 Å². The van der Waals surface area contributed by atoms with E-state index in [1.807, 2.05) is 0 Å². The Morgan fingerprint density at radius 1 is 1.19 bits per heavy atom. The smallest absolute Gasteiger partial charge is 0.410 e. The largest absolute Gasteiger partial charge is 0.481 e. The zero-order valence-corrected chi connectivity index (χ0v) is 12.5. The van der Waals surface area contributed by atoms with Crippen molar-refractivity contribution in [3.63, 3.8) is 0 Å². The van der Waals surface area contributed by atoms with Crippen molar-refractivity contribution >= 4 is 18.0 Å². The summed E-state index contributed by atoms with van der Waals surface area (Å²) in [6.07, 6.45) is 2.94. The van der Waals surface area contributed by atoms with E-state index in [9.17, 15) is 14.4 Å². The Kier molecular flexibility index (Phi) is 6.45. The summed E-state index contributed by atoms with van der Waals surface area (Å²) in [5.41, 5.74) is -0.409. The molecule has 120 valence electrons. The number of rotatable bonds is 6. The second kappa shape index (κ2) is 7.85. The van der Waals surface area contributed by atoms with Crippen molar-refractivity contribution in [1.29, 1.82) is 0 Å². The summed E-state index contributed by atoms with van der Waals surface area (Å²) in [5, 5.41) is 11.6. The first-order chi connectivity index (χ1) is 9.83. The number of nitrogens with one attached hydrogen (secondary N) is 1. The Balaban J connectivity index is 2.47. The van der Waals surface area contributed by atoms with Crippen molar-refractivity contribution in [3.05, 3.63) is 0 Å². The lowest BCUT2D eigenvalue weighted by atomic mass is 9.72. The van der Waals surface area contributed by atoms with Gasteiger partial charge in [-0.25, -0.2) is 4.79 Å². The highest BCUT2D eigenvalue weighted by molar-refractivity contribution is 5.70. The Morgan fingerprint density at radius 2 is 1.81 bits per heavy atom. The highest BCUT2D eigenvalue weighted by Crippen LogP contribution is 2.38. The fraction of sp³-hybridized carbons (Fsp3) is 0.786. The molecule has 21 heavy (non-hydrogen) atoms. The van der Waals surface area contributed by atoms with Crippen LogP contribution in [0, 0.1) is 5.41 Å². The average Bonchev–Trinajstić information content (AvgIpc) is 2.35. The number of amides is 1. The zero-order valence-electron chi connectivity index (χ0n) is 12.5. The van der Waals surface area contributed by atoms with E-state index < -0.39 is 29.7 Å². The third-order valence-electron chi connectivity index (χ3n) is 3.65. The van der Waals surface area contributed by atoms with Gasteiger partial charge >= 0.3 is 18.0 Å². The molecule has 1 aliphatic rings. The molecule has 1 fully saturated rings. The summed E-state index contributed by atoms with van der Waals surface area (Å²) >= 11 is 0. The Bertz CT molecular complexity index is 389. The van der Waals surface area contributed by atoms with Crippen LogP contribution in [-0.2, 0) is 19.1 Å². The van der Waals surface area contributed by atoms with Crippen LogP contribution < -0.4 is 5.32 Å². The SMILES string of the molecule is CC(=O)OC(C)OC(=O)NCC1(CC(=O)O)CCCCC1. The van der Waals surface area contributed by atoms with E-state index in [1.54, 1.807) is 0 Å². The quantitative estimate of drug-likeness (QED) is 0.575. The van der Waals surface area contributed by atoms with Crippen molar-refractivity contribution in [3.8, 4) is 0 Å². The van der Waals surface area contributed by atoms with Crippen LogP contribution in [0.15, 0.2) is 0 Å². The van der Waals surface area contributed by atoms with Gasteiger partial charge in [0, 0.05) is 20.4 Å².